The zero-order chi connectivity index (χ0) is 13.9. The molecule has 0 aliphatic rings. The van der Waals surface area contributed by atoms with Crippen LogP contribution >= 0.6 is 0 Å². The Labute approximate surface area is 115 Å². The van der Waals surface area contributed by atoms with E-state index >= 15 is 0 Å². The van der Waals surface area contributed by atoms with Gasteiger partial charge in [-0.1, -0.05) is 0 Å². The van der Waals surface area contributed by atoms with Gasteiger partial charge in [-0.3, -0.25) is 10.1 Å². The SMILES string of the molecule is CCNc1nc(-c2ncccc2OC)c2cn[nH]c2n1. The van der Waals surface area contributed by atoms with E-state index in [9.17, 15) is 0 Å². The summed E-state index contributed by atoms with van der Waals surface area (Å²) in [6.45, 7) is 2.72. The zero-order valence-corrected chi connectivity index (χ0v) is 11.2. The molecule has 0 aromatic carbocycles. The van der Waals surface area contributed by atoms with E-state index in [2.05, 4.69) is 30.5 Å². The Bertz CT molecular complexity index is 739. The van der Waals surface area contributed by atoms with Crippen molar-refractivity contribution in [3.63, 3.8) is 0 Å². The summed E-state index contributed by atoms with van der Waals surface area (Å²) in [4.78, 5) is 13.2. The fraction of sp³-hybridized carbons (Fsp3) is 0.231. The molecule has 102 valence electrons. The van der Waals surface area contributed by atoms with E-state index in [1.165, 1.54) is 0 Å². The average molecular weight is 270 g/mol. The van der Waals surface area contributed by atoms with E-state index in [1.54, 1.807) is 19.5 Å². The van der Waals surface area contributed by atoms with Crippen LogP contribution in [-0.2, 0) is 0 Å². The third kappa shape index (κ3) is 2.03. The minimum Gasteiger partial charge on any atom is -0.494 e. The summed E-state index contributed by atoms with van der Waals surface area (Å²) in [5.41, 5.74) is 2.03. The molecule has 0 bridgehead atoms. The summed E-state index contributed by atoms with van der Waals surface area (Å²) in [5, 5.41) is 10.8. The summed E-state index contributed by atoms with van der Waals surface area (Å²) < 4.78 is 5.35. The van der Waals surface area contributed by atoms with Gasteiger partial charge in [-0.05, 0) is 19.1 Å². The number of aromatic nitrogens is 5. The molecule has 0 fully saturated rings. The molecule has 3 heterocycles. The molecule has 0 saturated heterocycles. The maximum absolute atomic E-state index is 5.35. The number of hydrogen-bond donors (Lipinski definition) is 2. The van der Waals surface area contributed by atoms with Crippen molar-refractivity contribution < 1.29 is 4.74 Å². The number of nitrogens with one attached hydrogen (secondary N) is 2. The Kier molecular flexibility index (Phi) is 3.16. The van der Waals surface area contributed by atoms with Gasteiger partial charge >= 0.3 is 0 Å². The number of ether oxygens (including phenoxy) is 1. The summed E-state index contributed by atoms with van der Waals surface area (Å²) in [6.07, 6.45) is 3.40. The van der Waals surface area contributed by atoms with E-state index in [0.29, 0.717) is 28.7 Å². The molecule has 7 heteroatoms. The smallest absolute Gasteiger partial charge is 0.225 e. The highest BCUT2D eigenvalue weighted by Crippen LogP contribution is 2.31. The fourth-order valence-electron chi connectivity index (χ4n) is 1.99. The van der Waals surface area contributed by atoms with Crippen LogP contribution in [0.4, 0.5) is 5.95 Å². The van der Waals surface area contributed by atoms with Crippen molar-refractivity contribution in [2.24, 2.45) is 0 Å². The highest BCUT2D eigenvalue weighted by Gasteiger charge is 2.15. The quantitative estimate of drug-likeness (QED) is 0.752. The first kappa shape index (κ1) is 12.3. The molecule has 0 atom stereocenters. The van der Waals surface area contributed by atoms with Gasteiger partial charge in [0.1, 0.15) is 17.1 Å². The van der Waals surface area contributed by atoms with Crippen LogP contribution in [0.5, 0.6) is 5.75 Å². The van der Waals surface area contributed by atoms with Gasteiger partial charge in [0, 0.05) is 12.7 Å². The van der Waals surface area contributed by atoms with Crippen molar-refractivity contribution in [2.45, 2.75) is 6.92 Å². The molecule has 0 spiro atoms. The molecule has 7 nitrogen and oxygen atoms in total. The van der Waals surface area contributed by atoms with Crippen LogP contribution in [0.15, 0.2) is 24.5 Å². The lowest BCUT2D eigenvalue weighted by atomic mass is 10.2. The normalized spacial score (nSPS) is 10.7. The van der Waals surface area contributed by atoms with Gasteiger partial charge in [-0.15, -0.1) is 0 Å². The van der Waals surface area contributed by atoms with Crippen molar-refractivity contribution >= 4 is 17.0 Å². The van der Waals surface area contributed by atoms with Gasteiger partial charge in [0.05, 0.1) is 18.7 Å². The molecule has 0 aliphatic heterocycles. The number of rotatable bonds is 4. The number of aromatic amines is 1. The summed E-state index contributed by atoms with van der Waals surface area (Å²) in [6, 6.07) is 3.67. The number of hydrogen-bond acceptors (Lipinski definition) is 6. The van der Waals surface area contributed by atoms with Crippen molar-refractivity contribution in [3.8, 4) is 17.1 Å². The van der Waals surface area contributed by atoms with Crippen molar-refractivity contribution in [1.29, 1.82) is 0 Å². The summed E-state index contributed by atoms with van der Waals surface area (Å²) in [5.74, 6) is 1.20. The van der Waals surface area contributed by atoms with Crippen LogP contribution in [0.1, 0.15) is 6.92 Å². The second-order valence-electron chi connectivity index (χ2n) is 4.11. The number of pyridine rings is 1. The van der Waals surface area contributed by atoms with Crippen LogP contribution in [-0.4, -0.2) is 38.8 Å². The first-order valence-corrected chi connectivity index (χ1v) is 6.28. The van der Waals surface area contributed by atoms with E-state index < -0.39 is 0 Å². The van der Waals surface area contributed by atoms with E-state index in [4.69, 9.17) is 4.74 Å². The lowest BCUT2D eigenvalue weighted by molar-refractivity contribution is 0.414. The van der Waals surface area contributed by atoms with Gasteiger partial charge < -0.3 is 10.1 Å². The van der Waals surface area contributed by atoms with E-state index in [-0.39, 0.29) is 0 Å². The van der Waals surface area contributed by atoms with Crippen molar-refractivity contribution in [2.75, 3.05) is 19.0 Å². The molecular weight excluding hydrogens is 256 g/mol. The highest BCUT2D eigenvalue weighted by molar-refractivity contribution is 5.91. The van der Waals surface area contributed by atoms with Crippen LogP contribution in [0.25, 0.3) is 22.4 Å². The van der Waals surface area contributed by atoms with Crippen molar-refractivity contribution in [3.05, 3.63) is 24.5 Å². The lowest BCUT2D eigenvalue weighted by Crippen LogP contribution is -2.04. The first-order chi connectivity index (χ1) is 9.83. The van der Waals surface area contributed by atoms with Gasteiger partial charge in [0.25, 0.3) is 0 Å². The van der Waals surface area contributed by atoms with Gasteiger partial charge in [-0.25, -0.2) is 4.98 Å². The molecule has 2 N–H and O–H groups in total. The number of methoxy groups -OCH3 is 1. The van der Waals surface area contributed by atoms with Gasteiger partial charge in [-0.2, -0.15) is 10.1 Å². The van der Waals surface area contributed by atoms with E-state index in [0.717, 1.165) is 11.9 Å². The maximum Gasteiger partial charge on any atom is 0.225 e. The molecule has 0 aliphatic carbocycles. The van der Waals surface area contributed by atoms with Gasteiger partial charge in [0.2, 0.25) is 5.95 Å². The summed E-state index contributed by atoms with van der Waals surface area (Å²) in [7, 11) is 1.61. The zero-order valence-electron chi connectivity index (χ0n) is 11.2. The Morgan fingerprint density at radius 1 is 1.30 bits per heavy atom. The number of anilines is 1. The summed E-state index contributed by atoms with van der Waals surface area (Å²) >= 11 is 0. The fourth-order valence-corrected chi connectivity index (χ4v) is 1.99. The molecule has 0 radical (unpaired) electrons. The molecule has 3 rings (SSSR count). The number of H-pyrrole nitrogens is 1. The number of nitrogens with zero attached hydrogens (tertiary/aromatic N) is 4. The van der Waals surface area contributed by atoms with Crippen LogP contribution in [0.3, 0.4) is 0 Å². The number of fused-ring (bicyclic) bond motifs is 1. The predicted molar refractivity (Wildman–Crippen MR) is 75.6 cm³/mol. The largest absolute Gasteiger partial charge is 0.494 e. The Morgan fingerprint density at radius 2 is 2.20 bits per heavy atom. The predicted octanol–water partition coefficient (Wildman–Crippen LogP) is 1.86. The van der Waals surface area contributed by atoms with E-state index in [1.807, 2.05) is 19.1 Å². The van der Waals surface area contributed by atoms with Crippen LogP contribution in [0.2, 0.25) is 0 Å². The molecule has 0 unspecified atom stereocenters. The average Bonchev–Trinajstić information content (AvgIpc) is 2.95. The molecule has 0 saturated carbocycles. The molecule has 3 aromatic heterocycles. The Hall–Kier alpha value is -2.70. The topological polar surface area (TPSA) is 88.6 Å². The highest BCUT2D eigenvalue weighted by atomic mass is 16.5. The Balaban J connectivity index is 2.25. The minimum atomic E-state index is 0.534. The maximum atomic E-state index is 5.35. The molecule has 20 heavy (non-hydrogen) atoms. The monoisotopic (exact) mass is 270 g/mol. The second kappa shape index (κ2) is 5.12. The van der Waals surface area contributed by atoms with Crippen LogP contribution < -0.4 is 10.1 Å². The minimum absolute atomic E-state index is 0.534. The standard InChI is InChI=1S/C13H14N6O/c1-3-14-13-17-10(8-7-16-19-12(8)18-13)11-9(20-2)5-4-6-15-11/h4-7H,3H2,1-2H3,(H2,14,16,17,18,19). The lowest BCUT2D eigenvalue weighted by Gasteiger charge is -2.09. The molecule has 3 aromatic rings. The Morgan fingerprint density at radius 3 is 3.00 bits per heavy atom. The first-order valence-electron chi connectivity index (χ1n) is 6.28. The third-order valence-corrected chi connectivity index (χ3v) is 2.86. The van der Waals surface area contributed by atoms with Crippen LogP contribution in [0, 0.1) is 0 Å². The molecule has 0 amide bonds. The second-order valence-corrected chi connectivity index (χ2v) is 4.11. The van der Waals surface area contributed by atoms with Crippen molar-refractivity contribution in [1.82, 2.24) is 25.1 Å². The third-order valence-electron chi connectivity index (χ3n) is 2.86. The molecular formula is C13H14N6O. The van der Waals surface area contributed by atoms with Gasteiger partial charge in [0.15, 0.2) is 5.65 Å².